The normalized spacial score (nSPS) is 15.3. The first-order chi connectivity index (χ1) is 11.1. The predicted molar refractivity (Wildman–Crippen MR) is 87.6 cm³/mol. The molecule has 6 heteroatoms. The number of hydrogen-bond donors (Lipinski definition) is 2. The molecule has 1 aliphatic heterocycles. The maximum atomic E-state index is 9.37. The largest absolute Gasteiger partial charge is 0.490 e. The van der Waals surface area contributed by atoms with E-state index in [0.717, 1.165) is 34.7 Å². The number of aromatic nitrogens is 2. The first-order valence-electron chi connectivity index (χ1n) is 7.95. The van der Waals surface area contributed by atoms with Gasteiger partial charge in [-0.3, -0.25) is 4.68 Å². The smallest absolute Gasteiger partial charge is 0.161 e. The third kappa shape index (κ3) is 3.83. The summed E-state index contributed by atoms with van der Waals surface area (Å²) in [7, 11) is 1.91. The van der Waals surface area contributed by atoms with Gasteiger partial charge in [-0.25, -0.2) is 0 Å². The van der Waals surface area contributed by atoms with E-state index in [4.69, 9.17) is 9.47 Å². The predicted octanol–water partition coefficient (Wildman–Crippen LogP) is 1.72. The van der Waals surface area contributed by atoms with Crippen molar-refractivity contribution >= 4 is 0 Å². The minimum absolute atomic E-state index is 0.367. The van der Waals surface area contributed by atoms with Crippen molar-refractivity contribution in [2.24, 2.45) is 7.05 Å². The van der Waals surface area contributed by atoms with Crippen molar-refractivity contribution in [1.29, 1.82) is 0 Å². The lowest BCUT2D eigenvalue weighted by Crippen LogP contribution is -2.23. The maximum absolute atomic E-state index is 9.37. The van der Waals surface area contributed by atoms with Crippen LogP contribution in [-0.4, -0.2) is 40.7 Å². The minimum atomic E-state index is -0.367. The van der Waals surface area contributed by atoms with Crippen LogP contribution in [0.1, 0.15) is 18.9 Å². The van der Waals surface area contributed by atoms with Gasteiger partial charge in [0.1, 0.15) is 0 Å². The Morgan fingerprint density at radius 1 is 1.30 bits per heavy atom. The molecular weight excluding hydrogens is 294 g/mol. The lowest BCUT2D eigenvalue weighted by atomic mass is 10.1. The van der Waals surface area contributed by atoms with Crippen molar-refractivity contribution in [1.82, 2.24) is 15.1 Å². The summed E-state index contributed by atoms with van der Waals surface area (Å²) in [5.74, 6) is 1.56. The van der Waals surface area contributed by atoms with Gasteiger partial charge in [0, 0.05) is 43.9 Å². The molecule has 1 unspecified atom stereocenters. The Morgan fingerprint density at radius 3 is 2.87 bits per heavy atom. The van der Waals surface area contributed by atoms with Crippen molar-refractivity contribution in [3.05, 3.63) is 30.0 Å². The van der Waals surface area contributed by atoms with Crippen molar-refractivity contribution in [3.8, 4) is 22.8 Å². The number of fused-ring (bicyclic) bond motifs is 1. The van der Waals surface area contributed by atoms with Crippen LogP contribution >= 0.6 is 0 Å². The van der Waals surface area contributed by atoms with E-state index < -0.39 is 0 Å². The zero-order valence-corrected chi connectivity index (χ0v) is 13.6. The van der Waals surface area contributed by atoms with Crippen molar-refractivity contribution in [3.63, 3.8) is 0 Å². The number of rotatable bonds is 5. The van der Waals surface area contributed by atoms with Crippen LogP contribution in [0.3, 0.4) is 0 Å². The Hall–Kier alpha value is -2.05. The summed E-state index contributed by atoms with van der Waals surface area (Å²) in [6, 6.07) is 5.94. The molecule has 2 N–H and O–H groups in total. The second kappa shape index (κ2) is 7.02. The molecule has 3 rings (SSSR count). The summed E-state index contributed by atoms with van der Waals surface area (Å²) in [5, 5.41) is 17.2. The number of aryl methyl sites for hydroxylation is 1. The number of aliphatic hydroxyl groups is 1. The standard InChI is InChI=1S/C17H23N3O3/c1-12(21)9-18-10-14-11-20(2)19-17(14)13-4-5-15-16(8-13)23-7-3-6-22-15/h4-5,8,11-12,18,21H,3,6-7,9-10H2,1-2H3. The van der Waals surface area contributed by atoms with Gasteiger partial charge in [0.15, 0.2) is 11.5 Å². The van der Waals surface area contributed by atoms with E-state index in [1.165, 1.54) is 0 Å². The van der Waals surface area contributed by atoms with Gasteiger partial charge in [0.2, 0.25) is 0 Å². The van der Waals surface area contributed by atoms with Crippen LogP contribution in [-0.2, 0) is 13.6 Å². The van der Waals surface area contributed by atoms with E-state index in [1.807, 2.05) is 31.4 Å². The average molecular weight is 317 g/mol. The molecule has 1 aromatic heterocycles. The van der Waals surface area contributed by atoms with E-state index >= 15 is 0 Å². The topological polar surface area (TPSA) is 68.5 Å². The van der Waals surface area contributed by atoms with Crippen molar-refractivity contribution in [2.45, 2.75) is 26.0 Å². The molecule has 1 aromatic carbocycles. The maximum Gasteiger partial charge on any atom is 0.161 e. The number of hydrogen-bond acceptors (Lipinski definition) is 5. The third-order valence-corrected chi connectivity index (χ3v) is 3.68. The number of benzene rings is 1. The fraction of sp³-hybridized carbons (Fsp3) is 0.471. The molecule has 2 heterocycles. The molecule has 1 aliphatic rings. The van der Waals surface area contributed by atoms with Crippen LogP contribution < -0.4 is 14.8 Å². The highest BCUT2D eigenvalue weighted by Gasteiger charge is 2.15. The van der Waals surface area contributed by atoms with E-state index in [0.29, 0.717) is 26.3 Å². The third-order valence-electron chi connectivity index (χ3n) is 3.68. The van der Waals surface area contributed by atoms with Gasteiger partial charge in [-0.1, -0.05) is 0 Å². The van der Waals surface area contributed by atoms with E-state index in [1.54, 1.807) is 11.6 Å². The summed E-state index contributed by atoms with van der Waals surface area (Å²) < 4.78 is 13.2. The van der Waals surface area contributed by atoms with Gasteiger partial charge in [0.05, 0.1) is 25.0 Å². The zero-order chi connectivity index (χ0) is 16.2. The molecular formula is C17H23N3O3. The molecule has 124 valence electrons. The molecule has 0 bridgehead atoms. The second-order valence-corrected chi connectivity index (χ2v) is 5.87. The fourth-order valence-electron chi connectivity index (χ4n) is 2.64. The Labute approximate surface area is 136 Å². The minimum Gasteiger partial charge on any atom is -0.490 e. The van der Waals surface area contributed by atoms with Crippen LogP contribution in [0.15, 0.2) is 24.4 Å². The first kappa shape index (κ1) is 15.8. The second-order valence-electron chi connectivity index (χ2n) is 5.87. The summed E-state index contributed by atoms with van der Waals surface area (Å²) in [5.41, 5.74) is 3.01. The molecule has 0 amide bonds. The molecule has 23 heavy (non-hydrogen) atoms. The highest BCUT2D eigenvalue weighted by atomic mass is 16.5. The lowest BCUT2D eigenvalue weighted by Gasteiger charge is -2.10. The Kier molecular flexibility index (Phi) is 4.83. The monoisotopic (exact) mass is 317 g/mol. The molecule has 0 radical (unpaired) electrons. The summed E-state index contributed by atoms with van der Waals surface area (Å²) in [6.45, 7) is 4.32. The zero-order valence-electron chi connectivity index (χ0n) is 13.6. The van der Waals surface area contributed by atoms with E-state index in [-0.39, 0.29) is 6.10 Å². The molecule has 1 atom stereocenters. The van der Waals surface area contributed by atoms with Crippen LogP contribution in [0.2, 0.25) is 0 Å². The van der Waals surface area contributed by atoms with Gasteiger partial charge in [-0.05, 0) is 25.1 Å². The van der Waals surface area contributed by atoms with E-state index in [9.17, 15) is 5.11 Å². The van der Waals surface area contributed by atoms with E-state index in [2.05, 4.69) is 10.4 Å². The van der Waals surface area contributed by atoms with Crippen LogP contribution in [0.25, 0.3) is 11.3 Å². The van der Waals surface area contributed by atoms with Gasteiger partial charge in [-0.2, -0.15) is 5.10 Å². The van der Waals surface area contributed by atoms with Crippen LogP contribution in [0, 0.1) is 0 Å². The Morgan fingerprint density at radius 2 is 2.09 bits per heavy atom. The fourth-order valence-corrected chi connectivity index (χ4v) is 2.64. The summed E-state index contributed by atoms with van der Waals surface area (Å²) in [4.78, 5) is 0. The van der Waals surface area contributed by atoms with Crippen LogP contribution in [0.5, 0.6) is 11.5 Å². The van der Waals surface area contributed by atoms with Gasteiger partial charge >= 0.3 is 0 Å². The molecule has 0 saturated heterocycles. The quantitative estimate of drug-likeness (QED) is 0.879. The van der Waals surface area contributed by atoms with Gasteiger partial charge in [-0.15, -0.1) is 0 Å². The SMILES string of the molecule is CC(O)CNCc1cn(C)nc1-c1ccc2c(c1)OCCCO2. The highest BCUT2D eigenvalue weighted by molar-refractivity contribution is 5.66. The lowest BCUT2D eigenvalue weighted by molar-refractivity contribution is 0.191. The molecule has 0 spiro atoms. The Balaban J connectivity index is 1.85. The van der Waals surface area contributed by atoms with Gasteiger partial charge in [0.25, 0.3) is 0 Å². The number of nitrogens with zero attached hydrogens (tertiary/aromatic N) is 2. The number of nitrogens with one attached hydrogen (secondary N) is 1. The first-order valence-corrected chi connectivity index (χ1v) is 7.95. The number of aliphatic hydroxyl groups excluding tert-OH is 1. The molecule has 0 fully saturated rings. The molecule has 0 saturated carbocycles. The Bertz CT molecular complexity index is 667. The van der Waals surface area contributed by atoms with Crippen molar-refractivity contribution < 1.29 is 14.6 Å². The highest BCUT2D eigenvalue weighted by Crippen LogP contribution is 2.34. The summed E-state index contributed by atoms with van der Waals surface area (Å²) >= 11 is 0. The van der Waals surface area contributed by atoms with Crippen LogP contribution in [0.4, 0.5) is 0 Å². The average Bonchev–Trinajstić information content (AvgIpc) is 2.74. The van der Waals surface area contributed by atoms with Crippen molar-refractivity contribution in [2.75, 3.05) is 19.8 Å². The molecule has 2 aromatic rings. The molecule has 0 aliphatic carbocycles. The molecule has 6 nitrogen and oxygen atoms in total. The van der Waals surface area contributed by atoms with Gasteiger partial charge < -0.3 is 19.9 Å². The summed E-state index contributed by atoms with van der Waals surface area (Å²) in [6.07, 6.45) is 2.52. The number of ether oxygens (including phenoxy) is 2.